The molecule has 4 rings (SSSR count). The first-order valence-electron chi connectivity index (χ1n) is 8.41. The maximum atomic E-state index is 12.1. The number of non-ortho nitro benzene ring substituents is 1. The van der Waals surface area contributed by atoms with Crippen molar-refractivity contribution < 1.29 is 14.5 Å². The van der Waals surface area contributed by atoms with E-state index in [0.717, 1.165) is 11.0 Å². The fraction of sp³-hybridized carbons (Fsp3) is 0.211. The van der Waals surface area contributed by atoms with E-state index >= 15 is 0 Å². The van der Waals surface area contributed by atoms with Gasteiger partial charge in [-0.25, -0.2) is 9.98 Å². The molecule has 0 saturated heterocycles. The van der Waals surface area contributed by atoms with Crippen LogP contribution in [-0.2, 0) is 16.1 Å². The SMILES string of the molecule is CC(=O)C1N=C(Cn2cnc3ccccc32)OC1c1ccc([N+](=O)[O-])cc1. The molecule has 2 atom stereocenters. The predicted octanol–water partition coefficient (Wildman–Crippen LogP) is 3.07. The molecule has 0 saturated carbocycles. The molecule has 1 aromatic heterocycles. The average Bonchev–Trinajstić information content (AvgIpc) is 3.27. The fourth-order valence-corrected chi connectivity index (χ4v) is 3.16. The number of hydrogen-bond acceptors (Lipinski definition) is 6. The number of carbonyl (C=O) groups excluding carboxylic acids is 1. The molecule has 1 aliphatic rings. The third kappa shape index (κ3) is 3.17. The molecule has 0 amide bonds. The van der Waals surface area contributed by atoms with Gasteiger partial charge in [-0.3, -0.25) is 14.9 Å². The van der Waals surface area contributed by atoms with Crippen molar-refractivity contribution in [2.75, 3.05) is 0 Å². The van der Waals surface area contributed by atoms with E-state index < -0.39 is 17.1 Å². The number of nitro groups is 1. The molecule has 0 N–H and O–H groups in total. The normalized spacial score (nSPS) is 18.9. The summed E-state index contributed by atoms with van der Waals surface area (Å²) >= 11 is 0. The van der Waals surface area contributed by atoms with Gasteiger partial charge in [-0.05, 0) is 36.8 Å². The van der Waals surface area contributed by atoms with Gasteiger partial charge in [0, 0.05) is 12.1 Å². The Morgan fingerprint density at radius 2 is 1.96 bits per heavy atom. The first kappa shape index (κ1) is 16.9. The van der Waals surface area contributed by atoms with Gasteiger partial charge in [0.25, 0.3) is 5.69 Å². The Morgan fingerprint density at radius 3 is 2.67 bits per heavy atom. The lowest BCUT2D eigenvalue weighted by molar-refractivity contribution is -0.384. The number of hydrogen-bond donors (Lipinski definition) is 0. The summed E-state index contributed by atoms with van der Waals surface area (Å²) in [5, 5.41) is 10.8. The van der Waals surface area contributed by atoms with Gasteiger partial charge in [-0.15, -0.1) is 0 Å². The van der Waals surface area contributed by atoms with Crippen LogP contribution in [0.5, 0.6) is 0 Å². The Kier molecular flexibility index (Phi) is 4.15. The van der Waals surface area contributed by atoms with E-state index in [4.69, 9.17) is 4.74 Å². The highest BCUT2D eigenvalue weighted by Gasteiger charge is 2.35. The van der Waals surface area contributed by atoms with Crippen molar-refractivity contribution in [3.8, 4) is 0 Å². The van der Waals surface area contributed by atoms with Crippen LogP contribution >= 0.6 is 0 Å². The highest BCUT2D eigenvalue weighted by Crippen LogP contribution is 2.31. The lowest BCUT2D eigenvalue weighted by Crippen LogP contribution is -2.21. The zero-order chi connectivity index (χ0) is 19.0. The van der Waals surface area contributed by atoms with E-state index in [-0.39, 0.29) is 11.5 Å². The number of benzene rings is 2. The van der Waals surface area contributed by atoms with Crippen molar-refractivity contribution in [3.63, 3.8) is 0 Å². The third-order valence-corrected chi connectivity index (χ3v) is 4.51. The summed E-state index contributed by atoms with van der Waals surface area (Å²) in [6, 6.07) is 13.0. The van der Waals surface area contributed by atoms with E-state index in [9.17, 15) is 14.9 Å². The van der Waals surface area contributed by atoms with E-state index in [0.29, 0.717) is 18.0 Å². The summed E-state index contributed by atoms with van der Waals surface area (Å²) < 4.78 is 7.86. The zero-order valence-corrected chi connectivity index (χ0v) is 14.5. The van der Waals surface area contributed by atoms with Crippen molar-refractivity contribution in [1.29, 1.82) is 0 Å². The minimum absolute atomic E-state index is 0.0119. The van der Waals surface area contributed by atoms with Crippen LogP contribution in [0.3, 0.4) is 0 Å². The van der Waals surface area contributed by atoms with Crippen molar-refractivity contribution in [2.24, 2.45) is 4.99 Å². The molecular formula is C19H16N4O4. The minimum Gasteiger partial charge on any atom is -0.469 e. The van der Waals surface area contributed by atoms with E-state index in [2.05, 4.69) is 9.98 Å². The topological polar surface area (TPSA) is 99.6 Å². The summed E-state index contributed by atoms with van der Waals surface area (Å²) in [5.41, 5.74) is 2.48. The van der Waals surface area contributed by atoms with E-state index in [1.165, 1.54) is 19.1 Å². The number of carbonyl (C=O) groups is 1. The monoisotopic (exact) mass is 364 g/mol. The largest absolute Gasteiger partial charge is 0.469 e. The fourth-order valence-electron chi connectivity index (χ4n) is 3.16. The van der Waals surface area contributed by atoms with Gasteiger partial charge in [-0.2, -0.15) is 0 Å². The Labute approximate surface area is 154 Å². The second-order valence-electron chi connectivity index (χ2n) is 6.33. The van der Waals surface area contributed by atoms with Gasteiger partial charge >= 0.3 is 0 Å². The van der Waals surface area contributed by atoms with Gasteiger partial charge in [0.1, 0.15) is 0 Å². The molecule has 8 nitrogen and oxygen atoms in total. The summed E-state index contributed by atoms with van der Waals surface area (Å²) in [7, 11) is 0. The number of aliphatic imine (C=N–C) groups is 1. The number of nitro benzene ring substituents is 1. The highest BCUT2D eigenvalue weighted by molar-refractivity contribution is 5.90. The van der Waals surface area contributed by atoms with E-state index in [1.807, 2.05) is 28.8 Å². The van der Waals surface area contributed by atoms with Crippen LogP contribution in [0.4, 0.5) is 5.69 Å². The predicted molar refractivity (Wildman–Crippen MR) is 98.6 cm³/mol. The highest BCUT2D eigenvalue weighted by atomic mass is 16.6. The molecule has 1 aliphatic heterocycles. The zero-order valence-electron chi connectivity index (χ0n) is 14.5. The van der Waals surface area contributed by atoms with Crippen molar-refractivity contribution in [1.82, 2.24) is 9.55 Å². The number of nitrogens with zero attached hydrogens (tertiary/aromatic N) is 4. The van der Waals surface area contributed by atoms with Gasteiger partial charge < -0.3 is 9.30 Å². The summed E-state index contributed by atoms with van der Waals surface area (Å²) in [5.74, 6) is 0.311. The molecule has 8 heteroatoms. The smallest absolute Gasteiger partial charge is 0.269 e. The standard InChI is InChI=1S/C19H16N4O4/c1-12(24)18-19(13-6-8-14(9-7-13)23(25)26)27-17(21-18)10-22-11-20-15-4-2-3-5-16(15)22/h2-9,11,18-19H,10H2,1H3. The van der Waals surface area contributed by atoms with E-state index in [1.54, 1.807) is 18.5 Å². The summed E-state index contributed by atoms with van der Waals surface area (Å²) in [4.78, 5) is 31.2. The summed E-state index contributed by atoms with van der Waals surface area (Å²) in [6.07, 6.45) is 1.12. The first-order chi connectivity index (χ1) is 13.0. The average molecular weight is 364 g/mol. The number of Topliss-reactive ketones (excluding diaryl/α,β-unsaturated/α-hetero) is 1. The molecule has 0 aliphatic carbocycles. The number of aromatic nitrogens is 2. The van der Waals surface area contributed by atoms with Crippen LogP contribution in [0.1, 0.15) is 18.6 Å². The molecule has 0 fully saturated rings. The molecule has 3 aromatic rings. The third-order valence-electron chi connectivity index (χ3n) is 4.51. The second kappa shape index (κ2) is 6.64. The first-order valence-corrected chi connectivity index (χ1v) is 8.41. The molecule has 2 aromatic carbocycles. The number of ether oxygens (including phenoxy) is 1. The van der Waals surface area contributed by atoms with Crippen LogP contribution in [0.2, 0.25) is 0 Å². The van der Waals surface area contributed by atoms with Crippen molar-refractivity contribution >= 4 is 28.4 Å². The Bertz CT molecular complexity index is 1060. The van der Waals surface area contributed by atoms with Crippen LogP contribution in [0.25, 0.3) is 11.0 Å². The molecule has 2 heterocycles. The lowest BCUT2D eigenvalue weighted by atomic mass is 10.0. The van der Waals surface area contributed by atoms with Crippen LogP contribution < -0.4 is 0 Å². The molecule has 0 radical (unpaired) electrons. The molecular weight excluding hydrogens is 348 g/mol. The molecule has 0 spiro atoms. The molecule has 0 bridgehead atoms. The van der Waals surface area contributed by atoms with Crippen LogP contribution in [0, 0.1) is 10.1 Å². The minimum atomic E-state index is -0.670. The number of fused-ring (bicyclic) bond motifs is 1. The Morgan fingerprint density at radius 1 is 1.22 bits per heavy atom. The van der Waals surface area contributed by atoms with Crippen LogP contribution in [-0.4, -0.2) is 32.2 Å². The van der Waals surface area contributed by atoms with Gasteiger partial charge in [0.05, 0.1) is 28.8 Å². The van der Waals surface area contributed by atoms with Crippen LogP contribution in [0.15, 0.2) is 59.9 Å². The maximum Gasteiger partial charge on any atom is 0.269 e. The molecule has 2 unspecified atom stereocenters. The molecule has 136 valence electrons. The Balaban J connectivity index is 1.59. The summed E-state index contributed by atoms with van der Waals surface area (Å²) in [6.45, 7) is 1.82. The molecule has 27 heavy (non-hydrogen) atoms. The van der Waals surface area contributed by atoms with Crippen molar-refractivity contribution in [2.45, 2.75) is 25.6 Å². The number of para-hydroxylation sites is 2. The number of rotatable bonds is 5. The number of imidazole rings is 1. The van der Waals surface area contributed by atoms with Gasteiger partial charge in [0.2, 0.25) is 5.90 Å². The lowest BCUT2D eigenvalue weighted by Gasteiger charge is -2.16. The number of ketones is 1. The van der Waals surface area contributed by atoms with Crippen molar-refractivity contribution in [3.05, 3.63) is 70.5 Å². The van der Waals surface area contributed by atoms with Gasteiger partial charge in [-0.1, -0.05) is 12.1 Å². The quantitative estimate of drug-likeness (QED) is 0.512. The maximum absolute atomic E-state index is 12.1. The van der Waals surface area contributed by atoms with Gasteiger partial charge in [0.15, 0.2) is 17.9 Å². The second-order valence-corrected chi connectivity index (χ2v) is 6.33. The Hall–Kier alpha value is -3.55.